The first-order valence-corrected chi connectivity index (χ1v) is 9.03. The number of benzene rings is 1. The number of rotatable bonds is 5. The number of nitrogens with one attached hydrogen (secondary N) is 3. The van der Waals surface area contributed by atoms with Crippen molar-refractivity contribution in [3.05, 3.63) is 36.0 Å². The van der Waals surface area contributed by atoms with Crippen molar-refractivity contribution in [2.24, 2.45) is 4.99 Å². The van der Waals surface area contributed by atoms with Gasteiger partial charge in [-0.1, -0.05) is 18.2 Å². The summed E-state index contributed by atoms with van der Waals surface area (Å²) in [7, 11) is 1.83. The highest BCUT2D eigenvalue weighted by molar-refractivity contribution is 8.00. The third kappa shape index (κ3) is 3.97. The van der Waals surface area contributed by atoms with Crippen molar-refractivity contribution in [1.82, 2.24) is 15.6 Å². The van der Waals surface area contributed by atoms with Gasteiger partial charge >= 0.3 is 0 Å². The molecule has 1 aromatic heterocycles. The van der Waals surface area contributed by atoms with Crippen LogP contribution in [-0.2, 0) is 6.42 Å². The maximum absolute atomic E-state index is 4.30. The zero-order valence-electron chi connectivity index (χ0n) is 13.1. The number of hydrogen-bond acceptors (Lipinski definition) is 2. The number of aromatic nitrogens is 1. The van der Waals surface area contributed by atoms with Gasteiger partial charge in [0.05, 0.1) is 0 Å². The van der Waals surface area contributed by atoms with Gasteiger partial charge in [0.2, 0.25) is 0 Å². The molecular formula is C17H24N4S. The summed E-state index contributed by atoms with van der Waals surface area (Å²) < 4.78 is 0. The van der Waals surface area contributed by atoms with Gasteiger partial charge in [-0.2, -0.15) is 11.8 Å². The molecule has 3 N–H and O–H groups in total. The Labute approximate surface area is 136 Å². The number of hydrogen-bond donors (Lipinski definition) is 3. The molecule has 1 atom stereocenters. The molecule has 2 aromatic rings. The summed E-state index contributed by atoms with van der Waals surface area (Å²) in [6.45, 7) is 1.89. The number of aromatic amines is 1. The number of guanidine groups is 1. The molecule has 118 valence electrons. The maximum atomic E-state index is 4.30. The normalized spacial score (nSPS) is 18.8. The molecule has 0 radical (unpaired) electrons. The molecule has 1 aromatic carbocycles. The number of thioether (sulfide) groups is 1. The molecule has 0 saturated carbocycles. The molecule has 4 nitrogen and oxygen atoms in total. The molecule has 1 fully saturated rings. The van der Waals surface area contributed by atoms with Crippen molar-refractivity contribution < 1.29 is 0 Å². The fourth-order valence-electron chi connectivity index (χ4n) is 2.82. The molecule has 1 aliphatic rings. The second-order valence-electron chi connectivity index (χ2n) is 5.65. The van der Waals surface area contributed by atoms with E-state index >= 15 is 0 Å². The number of fused-ring (bicyclic) bond motifs is 1. The molecule has 3 rings (SSSR count). The van der Waals surface area contributed by atoms with Gasteiger partial charge < -0.3 is 15.6 Å². The van der Waals surface area contributed by atoms with Crippen molar-refractivity contribution >= 4 is 28.6 Å². The van der Waals surface area contributed by atoms with E-state index in [1.807, 2.05) is 7.05 Å². The van der Waals surface area contributed by atoms with Crippen molar-refractivity contribution in [3.63, 3.8) is 0 Å². The minimum Gasteiger partial charge on any atom is -0.358 e. The monoisotopic (exact) mass is 316 g/mol. The Bertz CT molecular complexity index is 595. The van der Waals surface area contributed by atoms with E-state index in [9.17, 15) is 0 Å². The Morgan fingerprint density at radius 3 is 3.05 bits per heavy atom. The molecule has 5 heteroatoms. The molecule has 0 spiro atoms. The van der Waals surface area contributed by atoms with E-state index in [-0.39, 0.29) is 0 Å². The Kier molecular flexibility index (Phi) is 5.27. The van der Waals surface area contributed by atoms with Crippen LogP contribution in [-0.4, -0.2) is 42.1 Å². The Morgan fingerprint density at radius 2 is 2.27 bits per heavy atom. The number of nitrogens with zero attached hydrogens (tertiary/aromatic N) is 1. The van der Waals surface area contributed by atoms with Crippen LogP contribution in [0.15, 0.2) is 35.3 Å². The lowest BCUT2D eigenvalue weighted by molar-refractivity contribution is 0.723. The van der Waals surface area contributed by atoms with Crippen LogP contribution in [0.1, 0.15) is 18.5 Å². The van der Waals surface area contributed by atoms with Crippen LogP contribution in [0.25, 0.3) is 10.9 Å². The standard InChI is InChI=1S/C17H24N4S/c1-18-17(20-12-15-6-4-10-22-15)19-9-8-14-11-13-5-2-3-7-16(13)21-14/h2-3,5,7,11,15,21H,4,6,8-10,12H2,1H3,(H2,18,19,20). The van der Waals surface area contributed by atoms with Crippen molar-refractivity contribution in [2.75, 3.05) is 25.9 Å². The third-order valence-electron chi connectivity index (χ3n) is 4.02. The Balaban J connectivity index is 1.44. The zero-order valence-corrected chi connectivity index (χ0v) is 13.9. The van der Waals surface area contributed by atoms with E-state index in [0.717, 1.165) is 30.7 Å². The van der Waals surface area contributed by atoms with E-state index in [0.29, 0.717) is 0 Å². The molecule has 2 heterocycles. The van der Waals surface area contributed by atoms with Crippen LogP contribution >= 0.6 is 11.8 Å². The molecule has 1 unspecified atom stereocenters. The van der Waals surface area contributed by atoms with E-state index in [4.69, 9.17) is 0 Å². The summed E-state index contributed by atoms with van der Waals surface area (Å²) in [5.74, 6) is 2.21. The van der Waals surface area contributed by atoms with Gasteiger partial charge in [-0.05, 0) is 36.1 Å². The van der Waals surface area contributed by atoms with E-state index in [2.05, 4.69) is 62.7 Å². The molecular weight excluding hydrogens is 292 g/mol. The lowest BCUT2D eigenvalue weighted by Gasteiger charge is -2.14. The second kappa shape index (κ2) is 7.58. The highest BCUT2D eigenvalue weighted by Gasteiger charge is 2.15. The fraction of sp³-hybridized carbons (Fsp3) is 0.471. The highest BCUT2D eigenvalue weighted by atomic mass is 32.2. The lowest BCUT2D eigenvalue weighted by Crippen LogP contribution is -2.40. The summed E-state index contributed by atoms with van der Waals surface area (Å²) >= 11 is 2.07. The average Bonchev–Trinajstić information content (AvgIpc) is 3.19. The van der Waals surface area contributed by atoms with Gasteiger partial charge in [-0.15, -0.1) is 0 Å². The van der Waals surface area contributed by atoms with E-state index in [1.165, 1.54) is 35.2 Å². The van der Waals surface area contributed by atoms with Crippen molar-refractivity contribution in [2.45, 2.75) is 24.5 Å². The van der Waals surface area contributed by atoms with Crippen LogP contribution in [0.2, 0.25) is 0 Å². The van der Waals surface area contributed by atoms with E-state index in [1.54, 1.807) is 0 Å². The van der Waals surface area contributed by atoms with Crippen LogP contribution in [0.5, 0.6) is 0 Å². The van der Waals surface area contributed by atoms with Crippen LogP contribution in [0.3, 0.4) is 0 Å². The largest absolute Gasteiger partial charge is 0.358 e. The van der Waals surface area contributed by atoms with Crippen LogP contribution in [0, 0.1) is 0 Å². The first-order valence-electron chi connectivity index (χ1n) is 7.98. The van der Waals surface area contributed by atoms with Gasteiger partial charge in [0.1, 0.15) is 0 Å². The van der Waals surface area contributed by atoms with Crippen molar-refractivity contribution in [3.8, 4) is 0 Å². The fourth-order valence-corrected chi connectivity index (χ4v) is 4.02. The van der Waals surface area contributed by atoms with Crippen LogP contribution < -0.4 is 10.6 Å². The first-order chi connectivity index (χ1) is 10.8. The molecule has 22 heavy (non-hydrogen) atoms. The van der Waals surface area contributed by atoms with Crippen LogP contribution in [0.4, 0.5) is 0 Å². The number of para-hydroxylation sites is 1. The first kappa shape index (κ1) is 15.3. The summed E-state index contributed by atoms with van der Waals surface area (Å²) in [6, 6.07) is 10.6. The predicted molar refractivity (Wildman–Crippen MR) is 96.8 cm³/mol. The minimum atomic E-state index is 0.743. The summed E-state index contributed by atoms with van der Waals surface area (Å²) in [4.78, 5) is 7.76. The molecule has 0 aliphatic carbocycles. The lowest BCUT2D eigenvalue weighted by atomic mass is 10.2. The van der Waals surface area contributed by atoms with Gasteiger partial charge in [-0.3, -0.25) is 4.99 Å². The smallest absolute Gasteiger partial charge is 0.191 e. The SMILES string of the molecule is CN=C(NCCc1cc2ccccc2[nH]1)NCC1CCCS1. The average molecular weight is 316 g/mol. The number of H-pyrrole nitrogens is 1. The zero-order chi connectivity index (χ0) is 15.2. The highest BCUT2D eigenvalue weighted by Crippen LogP contribution is 2.25. The molecule has 1 aliphatic heterocycles. The van der Waals surface area contributed by atoms with E-state index < -0.39 is 0 Å². The summed E-state index contributed by atoms with van der Waals surface area (Å²) in [5.41, 5.74) is 2.47. The Morgan fingerprint density at radius 1 is 1.36 bits per heavy atom. The van der Waals surface area contributed by atoms with Gasteiger partial charge in [0, 0.05) is 43.0 Å². The quantitative estimate of drug-likeness (QED) is 0.587. The van der Waals surface area contributed by atoms with Crippen molar-refractivity contribution in [1.29, 1.82) is 0 Å². The molecule has 0 amide bonds. The van der Waals surface area contributed by atoms with Gasteiger partial charge in [0.25, 0.3) is 0 Å². The third-order valence-corrected chi connectivity index (χ3v) is 5.42. The molecule has 1 saturated heterocycles. The van der Waals surface area contributed by atoms with Gasteiger partial charge in [0.15, 0.2) is 5.96 Å². The predicted octanol–water partition coefficient (Wildman–Crippen LogP) is 2.77. The van der Waals surface area contributed by atoms with Gasteiger partial charge in [-0.25, -0.2) is 0 Å². The second-order valence-corrected chi connectivity index (χ2v) is 7.05. The number of aliphatic imine (C=N–C) groups is 1. The summed E-state index contributed by atoms with van der Waals surface area (Å²) in [6.07, 6.45) is 3.64. The maximum Gasteiger partial charge on any atom is 0.191 e. The summed E-state index contributed by atoms with van der Waals surface area (Å²) in [5, 5.41) is 8.85. The molecule has 0 bridgehead atoms. The topological polar surface area (TPSA) is 52.2 Å². The Hall–Kier alpha value is -1.62. The minimum absolute atomic E-state index is 0.743.